The first-order valence-corrected chi connectivity index (χ1v) is 8.11. The lowest BCUT2D eigenvalue weighted by Gasteiger charge is -2.31. The Labute approximate surface area is 155 Å². The number of fused-ring (bicyclic) bond motifs is 1. The highest BCUT2D eigenvalue weighted by Crippen LogP contribution is 2.15. The minimum absolute atomic E-state index is 0. The van der Waals surface area contributed by atoms with E-state index in [1.807, 2.05) is 12.3 Å². The number of piperidine rings is 1. The van der Waals surface area contributed by atoms with Crippen LogP contribution in [0.15, 0.2) is 29.5 Å². The fourth-order valence-electron chi connectivity index (χ4n) is 2.95. The third kappa shape index (κ3) is 4.37. The molecule has 0 unspecified atom stereocenters. The van der Waals surface area contributed by atoms with Gasteiger partial charge in [0.15, 0.2) is 5.96 Å². The summed E-state index contributed by atoms with van der Waals surface area (Å²) in [6.45, 7) is 7.14. The van der Waals surface area contributed by atoms with Crippen LogP contribution in [0.4, 0.5) is 0 Å². The van der Waals surface area contributed by atoms with Crippen LogP contribution in [0.25, 0.3) is 5.65 Å². The van der Waals surface area contributed by atoms with Crippen molar-refractivity contribution in [3.8, 4) is 0 Å². The van der Waals surface area contributed by atoms with Crippen LogP contribution in [0.3, 0.4) is 0 Å². The maximum Gasteiger partial charge on any atom is 0.191 e. The Kier molecular flexibility index (Phi) is 6.26. The number of hydrogen-bond acceptors (Lipinski definition) is 2. The molecule has 1 aliphatic heterocycles. The summed E-state index contributed by atoms with van der Waals surface area (Å²) in [5.41, 5.74) is 9.40. The molecule has 126 valence electrons. The molecule has 0 aromatic carbocycles. The number of aromatic nitrogens is 2. The standard InChI is InChI=1S/C17H25N5.HI/c1-13-6-10-21(11-7-13)17(18)19-8-5-15-12-22-9-3-4-14(2)16(22)20-15;/h3-4,9,12-13H,5-8,10-11H2,1-2H3,(H2,18,19);1H. The number of rotatable bonds is 3. The van der Waals surface area contributed by atoms with Crippen LogP contribution in [-0.4, -0.2) is 39.9 Å². The van der Waals surface area contributed by atoms with Gasteiger partial charge in [-0.1, -0.05) is 13.0 Å². The summed E-state index contributed by atoms with van der Waals surface area (Å²) in [6.07, 6.45) is 7.36. The fourth-order valence-corrected chi connectivity index (χ4v) is 2.95. The van der Waals surface area contributed by atoms with Crippen LogP contribution in [0.5, 0.6) is 0 Å². The Hall–Kier alpha value is -1.31. The van der Waals surface area contributed by atoms with Crippen molar-refractivity contribution >= 4 is 35.6 Å². The fraction of sp³-hybridized carbons (Fsp3) is 0.529. The van der Waals surface area contributed by atoms with Gasteiger partial charge < -0.3 is 15.0 Å². The van der Waals surface area contributed by atoms with Gasteiger partial charge in [0.25, 0.3) is 0 Å². The maximum atomic E-state index is 6.11. The normalized spacial score (nSPS) is 16.6. The lowest BCUT2D eigenvalue weighted by Crippen LogP contribution is -2.42. The van der Waals surface area contributed by atoms with Crippen molar-refractivity contribution in [1.29, 1.82) is 0 Å². The van der Waals surface area contributed by atoms with Gasteiger partial charge in [-0.25, -0.2) is 4.98 Å². The Bertz CT molecular complexity index is 671. The zero-order valence-corrected chi connectivity index (χ0v) is 16.2. The third-order valence-electron chi connectivity index (χ3n) is 4.48. The first kappa shape index (κ1) is 18.0. The smallest absolute Gasteiger partial charge is 0.191 e. The van der Waals surface area contributed by atoms with Crippen molar-refractivity contribution in [2.75, 3.05) is 19.6 Å². The Morgan fingerprint density at radius 3 is 2.83 bits per heavy atom. The van der Waals surface area contributed by atoms with E-state index in [0.717, 1.165) is 36.8 Å². The molecule has 3 heterocycles. The Morgan fingerprint density at radius 1 is 1.39 bits per heavy atom. The third-order valence-corrected chi connectivity index (χ3v) is 4.48. The van der Waals surface area contributed by atoms with Crippen LogP contribution in [-0.2, 0) is 6.42 Å². The Morgan fingerprint density at radius 2 is 2.13 bits per heavy atom. The average Bonchev–Trinajstić information content (AvgIpc) is 2.92. The molecule has 2 aromatic heterocycles. The molecule has 0 atom stereocenters. The van der Waals surface area contributed by atoms with Gasteiger partial charge in [-0.3, -0.25) is 4.99 Å². The molecule has 0 amide bonds. The van der Waals surface area contributed by atoms with E-state index in [4.69, 9.17) is 5.73 Å². The summed E-state index contributed by atoms with van der Waals surface area (Å²) >= 11 is 0. The molecule has 0 bridgehead atoms. The van der Waals surface area contributed by atoms with Gasteiger partial charge in [-0.2, -0.15) is 0 Å². The number of pyridine rings is 1. The molecule has 0 spiro atoms. The second-order valence-corrected chi connectivity index (χ2v) is 6.31. The molecular formula is C17H26IN5. The number of likely N-dealkylation sites (tertiary alicyclic amines) is 1. The first-order valence-electron chi connectivity index (χ1n) is 8.11. The molecule has 23 heavy (non-hydrogen) atoms. The van der Waals surface area contributed by atoms with Crippen LogP contribution >= 0.6 is 24.0 Å². The number of aryl methyl sites for hydroxylation is 1. The molecule has 1 saturated heterocycles. The van der Waals surface area contributed by atoms with Gasteiger partial charge in [0.1, 0.15) is 5.65 Å². The lowest BCUT2D eigenvalue weighted by molar-refractivity contribution is 0.277. The molecule has 0 radical (unpaired) electrons. The van der Waals surface area contributed by atoms with Gasteiger partial charge in [0, 0.05) is 38.4 Å². The van der Waals surface area contributed by atoms with E-state index in [0.29, 0.717) is 12.5 Å². The topological polar surface area (TPSA) is 58.9 Å². The summed E-state index contributed by atoms with van der Waals surface area (Å²) in [5, 5.41) is 0. The number of nitrogens with two attached hydrogens (primary N) is 1. The molecule has 0 aliphatic carbocycles. The summed E-state index contributed by atoms with van der Waals surface area (Å²) < 4.78 is 2.07. The van der Waals surface area contributed by atoms with E-state index < -0.39 is 0 Å². The maximum absolute atomic E-state index is 6.11. The molecule has 6 heteroatoms. The Balaban J connectivity index is 0.00000192. The van der Waals surface area contributed by atoms with Crippen LogP contribution < -0.4 is 5.73 Å². The van der Waals surface area contributed by atoms with Crippen molar-refractivity contribution in [3.63, 3.8) is 0 Å². The van der Waals surface area contributed by atoms with Gasteiger partial charge in [0.05, 0.1) is 5.69 Å². The minimum Gasteiger partial charge on any atom is -0.370 e. The number of halogens is 1. The predicted octanol–water partition coefficient (Wildman–Crippen LogP) is 2.85. The summed E-state index contributed by atoms with van der Waals surface area (Å²) in [5.74, 6) is 1.50. The summed E-state index contributed by atoms with van der Waals surface area (Å²) in [6, 6.07) is 4.13. The molecule has 2 N–H and O–H groups in total. The molecule has 2 aromatic rings. The second kappa shape index (κ2) is 7.99. The number of guanidine groups is 1. The van der Waals surface area contributed by atoms with E-state index >= 15 is 0 Å². The quantitative estimate of drug-likeness (QED) is 0.466. The second-order valence-electron chi connectivity index (χ2n) is 6.31. The lowest BCUT2D eigenvalue weighted by atomic mass is 10.00. The molecular weight excluding hydrogens is 401 g/mol. The van der Waals surface area contributed by atoms with Crippen LogP contribution in [0, 0.1) is 12.8 Å². The monoisotopic (exact) mass is 427 g/mol. The molecule has 0 saturated carbocycles. The number of imidazole rings is 1. The number of nitrogens with zero attached hydrogens (tertiary/aromatic N) is 4. The molecule has 5 nitrogen and oxygen atoms in total. The van der Waals surface area contributed by atoms with Gasteiger partial charge in [-0.05, 0) is 37.3 Å². The van der Waals surface area contributed by atoms with Gasteiger partial charge in [0.2, 0.25) is 0 Å². The largest absolute Gasteiger partial charge is 0.370 e. The van der Waals surface area contributed by atoms with E-state index in [9.17, 15) is 0 Å². The van der Waals surface area contributed by atoms with Crippen LogP contribution in [0.2, 0.25) is 0 Å². The zero-order chi connectivity index (χ0) is 15.5. The highest BCUT2D eigenvalue weighted by Gasteiger charge is 2.16. The van der Waals surface area contributed by atoms with E-state index in [1.54, 1.807) is 0 Å². The number of hydrogen-bond donors (Lipinski definition) is 1. The average molecular weight is 427 g/mol. The van der Waals surface area contributed by atoms with E-state index in [1.165, 1.54) is 18.4 Å². The molecule has 1 fully saturated rings. The van der Waals surface area contributed by atoms with Crippen molar-refractivity contribution in [1.82, 2.24) is 14.3 Å². The highest BCUT2D eigenvalue weighted by molar-refractivity contribution is 14.0. The zero-order valence-electron chi connectivity index (χ0n) is 13.9. The van der Waals surface area contributed by atoms with Crippen molar-refractivity contribution in [2.45, 2.75) is 33.1 Å². The van der Waals surface area contributed by atoms with Crippen molar-refractivity contribution in [3.05, 3.63) is 35.8 Å². The molecule has 1 aliphatic rings. The van der Waals surface area contributed by atoms with E-state index in [-0.39, 0.29) is 24.0 Å². The minimum atomic E-state index is 0. The van der Waals surface area contributed by atoms with Crippen molar-refractivity contribution < 1.29 is 0 Å². The van der Waals surface area contributed by atoms with Gasteiger partial charge >= 0.3 is 0 Å². The van der Waals surface area contributed by atoms with Crippen LogP contribution in [0.1, 0.15) is 31.0 Å². The van der Waals surface area contributed by atoms with Gasteiger partial charge in [-0.15, -0.1) is 24.0 Å². The first-order chi connectivity index (χ1) is 10.6. The summed E-state index contributed by atoms with van der Waals surface area (Å²) in [4.78, 5) is 11.4. The summed E-state index contributed by atoms with van der Waals surface area (Å²) in [7, 11) is 0. The highest BCUT2D eigenvalue weighted by atomic mass is 127. The van der Waals surface area contributed by atoms with Crippen molar-refractivity contribution in [2.24, 2.45) is 16.6 Å². The SMILES string of the molecule is Cc1cccn2cc(CCN=C(N)N3CCC(C)CC3)nc12.I. The predicted molar refractivity (Wildman–Crippen MR) is 106 cm³/mol. The van der Waals surface area contributed by atoms with E-state index in [2.05, 4.69) is 45.4 Å². The number of aliphatic imine (C=N–C) groups is 1. The molecule has 3 rings (SSSR count).